The topological polar surface area (TPSA) is 286 Å². The Morgan fingerprint density at radius 3 is 2.16 bits per heavy atom. The van der Waals surface area contributed by atoms with E-state index in [0.717, 1.165) is 11.1 Å². The standard InChI is InChI=1S/C54H72ClN7O14/c1-29(2)24-38-52(71)74-39(12-10-13-41(63)59-37(26-34-18-21-40(73-9)36(55)25-34)50(69)57-28-54(7,8)53(72)60-38)31(5)47-48(75-47)35-19-16-33(17-20-35)27-56-49(68)32(6)58-51(70)46(30(3)4)61-42(64)14-11-15-45(67)76-62-43(65)22-23-44(62)66/h10,13,16-21,25,29-32,37-39,46-48H,11-12,14-15,22-24,26-28H2,1-9H3,(H,56,68)(H,57,69)(H,58,70)(H,59,63)(H,60,72)(H,61,64)/b13-10+/t31-,32-,37+,38-,39-,46-,47+,48+/m0/s1. The van der Waals surface area contributed by atoms with Crippen LogP contribution in [0.25, 0.3) is 0 Å². The Kier molecular flexibility index (Phi) is 21.5. The van der Waals surface area contributed by atoms with Gasteiger partial charge in [-0.15, -0.1) is 5.06 Å². The van der Waals surface area contributed by atoms with Gasteiger partial charge in [0.2, 0.25) is 35.4 Å². The fourth-order valence-corrected chi connectivity index (χ4v) is 8.76. The molecule has 0 aromatic heterocycles. The predicted molar refractivity (Wildman–Crippen MR) is 276 cm³/mol. The number of nitrogens with one attached hydrogen (secondary N) is 6. The van der Waals surface area contributed by atoms with Crippen molar-refractivity contribution in [3.63, 3.8) is 0 Å². The minimum Gasteiger partial charge on any atom is -0.495 e. The molecule has 414 valence electrons. The first-order valence-corrected chi connectivity index (χ1v) is 26.0. The summed E-state index contributed by atoms with van der Waals surface area (Å²) in [7, 11) is 1.49. The lowest BCUT2D eigenvalue weighted by Gasteiger charge is -2.30. The van der Waals surface area contributed by atoms with Crippen molar-refractivity contribution in [3.05, 3.63) is 76.3 Å². The van der Waals surface area contributed by atoms with Crippen LogP contribution in [0.4, 0.5) is 0 Å². The van der Waals surface area contributed by atoms with Crippen LogP contribution in [0.3, 0.4) is 0 Å². The highest BCUT2D eigenvalue weighted by molar-refractivity contribution is 6.32. The Labute approximate surface area is 447 Å². The van der Waals surface area contributed by atoms with Gasteiger partial charge in [-0.2, -0.15) is 0 Å². The van der Waals surface area contributed by atoms with Gasteiger partial charge in [-0.3, -0.25) is 38.4 Å². The molecule has 3 aliphatic heterocycles. The summed E-state index contributed by atoms with van der Waals surface area (Å²) < 4.78 is 17.6. The minimum absolute atomic E-state index is 0.00390. The fraction of sp³-hybridized carbons (Fsp3) is 0.556. The molecule has 0 saturated carbocycles. The molecule has 3 heterocycles. The minimum atomic E-state index is -1.17. The maximum absolute atomic E-state index is 14.0. The number of hydrogen-bond acceptors (Lipinski definition) is 14. The number of amides is 8. The largest absolute Gasteiger partial charge is 0.495 e. The molecule has 2 fully saturated rings. The second-order valence-corrected chi connectivity index (χ2v) is 21.3. The number of benzene rings is 2. The SMILES string of the molecule is COc1ccc(C[C@H]2NC(=O)/C=C/C[C@@H]([C@H](C)[C@H]3O[C@@H]3c3ccc(CNC(=O)[C@H](C)NC(=O)[C@@H](NC(=O)CCCC(=O)ON4C(=O)CCC4=O)C(C)C)cc3)OC(=O)[C@H](CC(C)C)NC(=O)C(C)(C)CNC2=O)cc1Cl. The molecule has 0 radical (unpaired) electrons. The van der Waals surface area contributed by atoms with Gasteiger partial charge in [0, 0.05) is 57.5 Å². The van der Waals surface area contributed by atoms with Crippen LogP contribution in [-0.2, 0) is 75.2 Å². The summed E-state index contributed by atoms with van der Waals surface area (Å²) in [6, 6.07) is 8.40. The summed E-state index contributed by atoms with van der Waals surface area (Å²) >= 11 is 6.38. The Hall–Kier alpha value is -6.87. The van der Waals surface area contributed by atoms with Gasteiger partial charge in [0.05, 0.1) is 23.7 Å². The molecule has 0 bridgehead atoms. The summed E-state index contributed by atoms with van der Waals surface area (Å²) in [5, 5.41) is 17.3. The number of carbonyl (C=O) groups is 10. The van der Waals surface area contributed by atoms with Crippen LogP contribution in [0.5, 0.6) is 5.75 Å². The highest BCUT2D eigenvalue weighted by Gasteiger charge is 2.48. The summed E-state index contributed by atoms with van der Waals surface area (Å²) in [5.41, 5.74) is 1.06. The van der Waals surface area contributed by atoms with E-state index < -0.39 is 107 Å². The third kappa shape index (κ3) is 17.3. The number of rotatable bonds is 20. The molecule has 0 spiro atoms. The number of methoxy groups -OCH3 is 1. The van der Waals surface area contributed by atoms with Gasteiger partial charge in [0.1, 0.15) is 42.1 Å². The first kappa shape index (κ1) is 60.0. The van der Waals surface area contributed by atoms with Gasteiger partial charge >= 0.3 is 11.9 Å². The van der Waals surface area contributed by atoms with Crippen LogP contribution in [-0.4, -0.2) is 114 Å². The molecular weight excluding hydrogens is 1010 g/mol. The number of hydrogen-bond donors (Lipinski definition) is 6. The van der Waals surface area contributed by atoms with E-state index in [2.05, 4.69) is 31.9 Å². The predicted octanol–water partition coefficient (Wildman–Crippen LogP) is 3.74. The number of hydroxylamine groups is 2. The van der Waals surface area contributed by atoms with Crippen molar-refractivity contribution in [2.24, 2.45) is 23.2 Å². The number of halogens is 1. The van der Waals surface area contributed by atoms with Gasteiger partial charge in [0.15, 0.2) is 0 Å². The van der Waals surface area contributed by atoms with E-state index in [0.29, 0.717) is 21.4 Å². The van der Waals surface area contributed by atoms with Crippen molar-refractivity contribution in [2.75, 3.05) is 13.7 Å². The van der Waals surface area contributed by atoms with Crippen molar-refractivity contribution >= 4 is 70.8 Å². The van der Waals surface area contributed by atoms with Crippen LogP contribution < -0.4 is 36.6 Å². The van der Waals surface area contributed by atoms with Crippen molar-refractivity contribution < 1.29 is 67.0 Å². The van der Waals surface area contributed by atoms with E-state index in [9.17, 15) is 47.9 Å². The molecule has 0 aliphatic carbocycles. The molecule has 22 heteroatoms. The molecule has 5 rings (SSSR count). The Morgan fingerprint density at radius 2 is 1.53 bits per heavy atom. The van der Waals surface area contributed by atoms with Crippen LogP contribution in [0.15, 0.2) is 54.6 Å². The molecule has 0 unspecified atom stereocenters. The molecule has 21 nitrogen and oxygen atoms in total. The smallest absolute Gasteiger partial charge is 0.333 e. The van der Waals surface area contributed by atoms with Crippen molar-refractivity contribution in [1.82, 2.24) is 37.0 Å². The molecule has 76 heavy (non-hydrogen) atoms. The molecule has 2 aromatic rings. The maximum atomic E-state index is 14.0. The van der Waals surface area contributed by atoms with Gasteiger partial charge in [-0.1, -0.05) is 82.6 Å². The van der Waals surface area contributed by atoms with Crippen molar-refractivity contribution in [3.8, 4) is 5.75 Å². The molecule has 8 atom stereocenters. The summed E-state index contributed by atoms with van der Waals surface area (Å²) in [6.07, 6.45) is 1.34. The second-order valence-electron chi connectivity index (χ2n) is 20.9. The Bertz CT molecular complexity index is 2500. The van der Waals surface area contributed by atoms with E-state index >= 15 is 0 Å². The highest BCUT2D eigenvalue weighted by Crippen LogP contribution is 2.45. The lowest BCUT2D eigenvalue weighted by atomic mass is 9.90. The van der Waals surface area contributed by atoms with Gasteiger partial charge in [-0.05, 0) is 80.3 Å². The first-order chi connectivity index (χ1) is 35.9. The monoisotopic (exact) mass is 1080 g/mol. The number of imide groups is 1. The van der Waals surface area contributed by atoms with E-state index in [4.69, 9.17) is 30.6 Å². The zero-order chi connectivity index (χ0) is 56.0. The molecular formula is C54H72ClN7O14. The van der Waals surface area contributed by atoms with Crippen LogP contribution in [0, 0.1) is 23.2 Å². The number of epoxide rings is 1. The van der Waals surface area contributed by atoms with E-state index in [-0.39, 0.29) is 82.4 Å². The molecule has 2 saturated heterocycles. The average Bonchev–Trinajstić information content (AvgIpc) is 4.11. The second kappa shape index (κ2) is 27.3. The van der Waals surface area contributed by atoms with Crippen molar-refractivity contribution in [1.29, 1.82) is 0 Å². The Balaban J connectivity index is 1.17. The number of esters is 1. The summed E-state index contributed by atoms with van der Waals surface area (Å²) in [5.74, 6) is -6.15. The lowest BCUT2D eigenvalue weighted by Crippen LogP contribution is -2.54. The van der Waals surface area contributed by atoms with Gasteiger partial charge in [-0.25, -0.2) is 9.59 Å². The quantitative estimate of drug-likeness (QED) is 0.0626. The Morgan fingerprint density at radius 1 is 0.855 bits per heavy atom. The molecule has 6 N–H and O–H groups in total. The highest BCUT2D eigenvalue weighted by atomic mass is 35.5. The van der Waals surface area contributed by atoms with E-state index in [1.165, 1.54) is 20.1 Å². The van der Waals surface area contributed by atoms with Crippen LogP contribution in [0.2, 0.25) is 5.02 Å². The average molecular weight is 1080 g/mol. The molecule has 2 aromatic carbocycles. The number of ether oxygens (including phenoxy) is 3. The van der Waals surface area contributed by atoms with Crippen LogP contribution >= 0.6 is 11.6 Å². The molecule has 3 aliphatic rings. The number of carbonyl (C=O) groups excluding carboxylic acids is 10. The third-order valence-electron chi connectivity index (χ3n) is 13.2. The van der Waals surface area contributed by atoms with Crippen molar-refractivity contribution in [2.45, 2.75) is 156 Å². The lowest BCUT2D eigenvalue weighted by molar-refractivity contribution is -0.197. The molecule has 8 amide bonds. The fourth-order valence-electron chi connectivity index (χ4n) is 8.48. The zero-order valence-corrected chi connectivity index (χ0v) is 45.3. The zero-order valence-electron chi connectivity index (χ0n) is 44.6. The number of nitrogens with zero attached hydrogens (tertiary/aromatic N) is 1. The van der Waals surface area contributed by atoms with Gasteiger partial charge in [0.25, 0.3) is 11.8 Å². The first-order valence-electron chi connectivity index (χ1n) is 25.6. The van der Waals surface area contributed by atoms with E-state index in [1.54, 1.807) is 52.0 Å². The normalized spacial score (nSPS) is 22.8. The summed E-state index contributed by atoms with van der Waals surface area (Å²) in [4.78, 5) is 134. The number of cyclic esters (lactones) is 1. The summed E-state index contributed by atoms with van der Waals surface area (Å²) in [6.45, 7) is 14.0. The van der Waals surface area contributed by atoms with Crippen LogP contribution in [0.1, 0.15) is 123 Å². The van der Waals surface area contributed by atoms with E-state index in [1.807, 2.05) is 45.0 Å². The van der Waals surface area contributed by atoms with Gasteiger partial charge < -0.3 is 50.9 Å². The third-order valence-corrected chi connectivity index (χ3v) is 13.5. The maximum Gasteiger partial charge on any atom is 0.333 e.